The zero-order valence-corrected chi connectivity index (χ0v) is 14.9. The summed E-state index contributed by atoms with van der Waals surface area (Å²) in [6, 6.07) is 17.7. The fourth-order valence-corrected chi connectivity index (χ4v) is 3.09. The van der Waals surface area contributed by atoms with Crippen molar-refractivity contribution in [2.45, 2.75) is 19.4 Å². The quantitative estimate of drug-likeness (QED) is 0.661. The number of rotatable bonds is 6. The van der Waals surface area contributed by atoms with Crippen LogP contribution in [0.5, 0.6) is 0 Å². The summed E-state index contributed by atoms with van der Waals surface area (Å²) in [6.45, 7) is 1.82. The van der Waals surface area contributed by atoms with Gasteiger partial charge < -0.3 is 15.8 Å². The van der Waals surface area contributed by atoms with E-state index in [1.165, 1.54) is 0 Å². The maximum Gasteiger partial charge on any atom is 0.251 e. The molecule has 0 aliphatic heterocycles. The molecule has 5 heteroatoms. The number of amides is 2. The summed E-state index contributed by atoms with van der Waals surface area (Å²) >= 11 is 0. The monoisotopic (exact) mass is 360 g/mol. The first kappa shape index (κ1) is 18.3. The molecule has 0 saturated carbocycles. The molecule has 3 aromatic carbocycles. The van der Waals surface area contributed by atoms with Crippen LogP contribution in [0, 0.1) is 0 Å². The van der Waals surface area contributed by atoms with E-state index in [1.54, 1.807) is 18.2 Å². The molecule has 0 heterocycles. The minimum atomic E-state index is -0.525. The number of fused-ring (bicyclic) bond motifs is 1. The van der Waals surface area contributed by atoms with E-state index in [9.17, 15) is 14.4 Å². The van der Waals surface area contributed by atoms with E-state index < -0.39 is 11.9 Å². The number of nitrogens with two attached hydrogens (primary N) is 1. The number of aldehydes is 1. The van der Waals surface area contributed by atoms with Gasteiger partial charge in [0, 0.05) is 5.56 Å². The number of primary amides is 1. The molecule has 0 bridgehead atoms. The largest absolute Gasteiger partial charge is 0.366 e. The molecule has 0 saturated heterocycles. The van der Waals surface area contributed by atoms with Gasteiger partial charge in [0.1, 0.15) is 6.29 Å². The van der Waals surface area contributed by atoms with Crippen molar-refractivity contribution in [3.8, 4) is 11.1 Å². The average molecular weight is 360 g/mol. The predicted octanol–water partition coefficient (Wildman–Crippen LogP) is 3.31. The topological polar surface area (TPSA) is 89.3 Å². The molecule has 1 atom stereocenters. The molecule has 27 heavy (non-hydrogen) atoms. The summed E-state index contributed by atoms with van der Waals surface area (Å²) in [4.78, 5) is 35.6. The molecular weight excluding hydrogens is 340 g/mol. The molecule has 0 radical (unpaired) electrons. The molecule has 3 N–H and O–H groups in total. The first-order valence-corrected chi connectivity index (χ1v) is 8.73. The second kappa shape index (κ2) is 7.83. The van der Waals surface area contributed by atoms with Gasteiger partial charge in [-0.05, 0) is 40.5 Å². The van der Waals surface area contributed by atoms with Crippen LogP contribution in [0.2, 0.25) is 0 Å². The summed E-state index contributed by atoms with van der Waals surface area (Å²) in [5.74, 6) is -0.860. The van der Waals surface area contributed by atoms with Gasteiger partial charge in [0.2, 0.25) is 5.91 Å². The molecule has 5 nitrogen and oxygen atoms in total. The number of carbonyl (C=O) groups excluding carboxylic acids is 3. The van der Waals surface area contributed by atoms with Crippen molar-refractivity contribution >= 4 is 28.9 Å². The molecule has 136 valence electrons. The SMILES string of the molecule is CCC(C=O)NC(=O)c1cccc(-c2ccc3ccccc3c2C(N)=O)c1. The lowest BCUT2D eigenvalue weighted by molar-refractivity contribution is -0.109. The highest BCUT2D eigenvalue weighted by atomic mass is 16.2. The Morgan fingerprint density at radius 1 is 1.07 bits per heavy atom. The van der Waals surface area contributed by atoms with Gasteiger partial charge in [0.05, 0.1) is 11.6 Å². The van der Waals surface area contributed by atoms with Crippen LogP contribution in [-0.2, 0) is 4.79 Å². The van der Waals surface area contributed by atoms with Crippen molar-refractivity contribution < 1.29 is 14.4 Å². The van der Waals surface area contributed by atoms with E-state index in [0.717, 1.165) is 17.1 Å². The molecule has 3 aromatic rings. The lowest BCUT2D eigenvalue weighted by atomic mass is 9.93. The Bertz CT molecular complexity index is 1030. The number of hydrogen-bond donors (Lipinski definition) is 2. The van der Waals surface area contributed by atoms with Crippen LogP contribution < -0.4 is 11.1 Å². The van der Waals surface area contributed by atoms with Gasteiger partial charge in [-0.1, -0.05) is 55.5 Å². The zero-order chi connectivity index (χ0) is 19.4. The van der Waals surface area contributed by atoms with Crippen molar-refractivity contribution in [3.63, 3.8) is 0 Å². The Kier molecular flexibility index (Phi) is 5.31. The first-order chi connectivity index (χ1) is 13.0. The molecule has 2 amide bonds. The third-order valence-corrected chi connectivity index (χ3v) is 4.53. The van der Waals surface area contributed by atoms with E-state index in [2.05, 4.69) is 5.32 Å². The van der Waals surface area contributed by atoms with Crippen molar-refractivity contribution in [1.82, 2.24) is 5.32 Å². The number of hydrogen-bond acceptors (Lipinski definition) is 3. The Morgan fingerprint density at radius 2 is 1.85 bits per heavy atom. The van der Waals surface area contributed by atoms with E-state index in [0.29, 0.717) is 28.7 Å². The Hall–Kier alpha value is -3.47. The molecule has 3 rings (SSSR count). The highest BCUT2D eigenvalue weighted by Gasteiger charge is 2.16. The van der Waals surface area contributed by atoms with Gasteiger partial charge in [-0.2, -0.15) is 0 Å². The predicted molar refractivity (Wildman–Crippen MR) is 106 cm³/mol. The zero-order valence-electron chi connectivity index (χ0n) is 14.9. The summed E-state index contributed by atoms with van der Waals surface area (Å²) < 4.78 is 0. The van der Waals surface area contributed by atoms with Gasteiger partial charge >= 0.3 is 0 Å². The van der Waals surface area contributed by atoms with Crippen molar-refractivity contribution in [1.29, 1.82) is 0 Å². The highest BCUT2D eigenvalue weighted by molar-refractivity contribution is 6.12. The van der Waals surface area contributed by atoms with E-state index in [1.807, 2.05) is 49.4 Å². The van der Waals surface area contributed by atoms with Crippen LogP contribution in [0.3, 0.4) is 0 Å². The van der Waals surface area contributed by atoms with Crippen LogP contribution in [-0.4, -0.2) is 24.1 Å². The van der Waals surface area contributed by atoms with Crippen molar-refractivity contribution in [3.05, 3.63) is 71.8 Å². The summed E-state index contributed by atoms with van der Waals surface area (Å²) in [5, 5.41) is 4.36. The minimum absolute atomic E-state index is 0.336. The Balaban J connectivity index is 2.07. The van der Waals surface area contributed by atoms with E-state index in [-0.39, 0.29) is 5.91 Å². The molecule has 0 aliphatic rings. The highest BCUT2D eigenvalue weighted by Crippen LogP contribution is 2.30. The van der Waals surface area contributed by atoms with Crippen LogP contribution in [0.4, 0.5) is 0 Å². The van der Waals surface area contributed by atoms with Gasteiger partial charge in [0.25, 0.3) is 5.91 Å². The van der Waals surface area contributed by atoms with Crippen LogP contribution in [0.15, 0.2) is 60.7 Å². The smallest absolute Gasteiger partial charge is 0.251 e. The summed E-state index contributed by atoms with van der Waals surface area (Å²) in [5.41, 5.74) is 7.87. The molecular formula is C22H20N2O3. The third-order valence-electron chi connectivity index (χ3n) is 4.53. The molecule has 1 unspecified atom stereocenters. The summed E-state index contributed by atoms with van der Waals surface area (Å²) in [7, 11) is 0. The number of nitrogens with one attached hydrogen (secondary N) is 1. The first-order valence-electron chi connectivity index (χ1n) is 8.73. The second-order valence-corrected chi connectivity index (χ2v) is 6.28. The Morgan fingerprint density at radius 3 is 2.56 bits per heavy atom. The summed E-state index contributed by atoms with van der Waals surface area (Å²) in [6.07, 6.45) is 1.24. The number of carbonyl (C=O) groups is 3. The standard InChI is InChI=1S/C22H20N2O3/c1-2-17(13-25)24-22(27)16-8-5-7-15(12-16)19-11-10-14-6-3-4-9-18(14)20(19)21(23)26/h3-13,17H,2H2,1H3,(H2,23,26)(H,24,27). The lowest BCUT2D eigenvalue weighted by Crippen LogP contribution is -2.35. The van der Waals surface area contributed by atoms with Gasteiger partial charge in [0.15, 0.2) is 0 Å². The van der Waals surface area contributed by atoms with Crippen LogP contribution >= 0.6 is 0 Å². The fraction of sp³-hybridized carbons (Fsp3) is 0.136. The molecule has 0 fully saturated rings. The molecule has 0 aromatic heterocycles. The maximum atomic E-state index is 12.4. The number of benzene rings is 3. The van der Waals surface area contributed by atoms with Gasteiger partial charge in [-0.3, -0.25) is 9.59 Å². The molecule has 0 spiro atoms. The van der Waals surface area contributed by atoms with Crippen molar-refractivity contribution in [2.24, 2.45) is 5.73 Å². The van der Waals surface area contributed by atoms with Gasteiger partial charge in [-0.25, -0.2) is 0 Å². The van der Waals surface area contributed by atoms with E-state index in [4.69, 9.17) is 5.73 Å². The second-order valence-electron chi connectivity index (χ2n) is 6.28. The normalized spacial score (nSPS) is 11.7. The Labute approximate surface area is 157 Å². The lowest BCUT2D eigenvalue weighted by Gasteiger charge is -2.13. The molecule has 0 aliphatic carbocycles. The fourth-order valence-electron chi connectivity index (χ4n) is 3.09. The van der Waals surface area contributed by atoms with Crippen LogP contribution in [0.25, 0.3) is 21.9 Å². The van der Waals surface area contributed by atoms with E-state index >= 15 is 0 Å². The van der Waals surface area contributed by atoms with Gasteiger partial charge in [-0.15, -0.1) is 0 Å². The third kappa shape index (κ3) is 3.72. The van der Waals surface area contributed by atoms with Crippen molar-refractivity contribution in [2.75, 3.05) is 0 Å². The minimum Gasteiger partial charge on any atom is -0.366 e. The average Bonchev–Trinajstić information content (AvgIpc) is 2.70. The van der Waals surface area contributed by atoms with Crippen LogP contribution in [0.1, 0.15) is 34.1 Å². The maximum absolute atomic E-state index is 12.4.